The summed E-state index contributed by atoms with van der Waals surface area (Å²) in [6.45, 7) is 1.56. The standard InChI is InChI=1S/C22H24Br2N2O5/c1-2-11-5-3-4-6-14(11)25-15(27)10-31-16(28)7-8-26-21(29)17-12-9-13(18(17)22(26)30)20(24)19(12)23/h3-6,12-13,17-20H,2,7-10H2,1H3,(H,25,27)/t12-,13-,17-,18-,19+,20+/m1/s1. The molecule has 1 aromatic carbocycles. The van der Waals surface area contributed by atoms with E-state index in [4.69, 9.17) is 4.74 Å². The fourth-order valence-electron chi connectivity index (χ4n) is 5.19. The smallest absolute Gasteiger partial charge is 0.308 e. The number of para-hydroxylation sites is 1. The van der Waals surface area contributed by atoms with Gasteiger partial charge in [0.15, 0.2) is 6.61 Å². The molecule has 0 unspecified atom stereocenters. The Bertz CT molecular complexity index is 891. The third-order valence-electron chi connectivity index (χ3n) is 6.65. The topological polar surface area (TPSA) is 92.8 Å². The number of imide groups is 1. The number of ether oxygens (including phenoxy) is 1. The first-order chi connectivity index (χ1) is 14.8. The third kappa shape index (κ3) is 4.06. The maximum Gasteiger partial charge on any atom is 0.308 e. The lowest BCUT2D eigenvalue weighted by Gasteiger charge is -2.28. The molecular weight excluding hydrogens is 532 g/mol. The average molecular weight is 556 g/mol. The number of hydrogen-bond acceptors (Lipinski definition) is 5. The molecule has 0 radical (unpaired) electrons. The van der Waals surface area contributed by atoms with Gasteiger partial charge < -0.3 is 10.1 Å². The molecule has 7 nitrogen and oxygen atoms in total. The van der Waals surface area contributed by atoms with E-state index < -0.39 is 18.5 Å². The molecule has 3 fully saturated rings. The Morgan fingerprint density at radius 2 is 1.71 bits per heavy atom. The number of amides is 3. The van der Waals surface area contributed by atoms with Crippen molar-refractivity contribution in [1.29, 1.82) is 0 Å². The van der Waals surface area contributed by atoms with Crippen LogP contribution in [0.25, 0.3) is 0 Å². The van der Waals surface area contributed by atoms with Crippen LogP contribution in [0.15, 0.2) is 24.3 Å². The fraction of sp³-hybridized carbons (Fsp3) is 0.545. The maximum absolute atomic E-state index is 12.8. The highest BCUT2D eigenvalue weighted by atomic mass is 79.9. The molecule has 6 atom stereocenters. The first-order valence-electron chi connectivity index (χ1n) is 10.5. The minimum atomic E-state index is -0.615. The minimum absolute atomic E-state index is 0.0108. The summed E-state index contributed by atoms with van der Waals surface area (Å²) in [7, 11) is 0. The van der Waals surface area contributed by atoms with E-state index in [9.17, 15) is 19.2 Å². The molecule has 1 heterocycles. The van der Waals surface area contributed by atoms with Gasteiger partial charge in [-0.05, 0) is 36.3 Å². The highest BCUT2D eigenvalue weighted by molar-refractivity contribution is 9.12. The van der Waals surface area contributed by atoms with Gasteiger partial charge in [-0.3, -0.25) is 24.1 Å². The van der Waals surface area contributed by atoms with Gasteiger partial charge in [-0.15, -0.1) is 0 Å². The molecule has 4 rings (SSSR count). The minimum Gasteiger partial charge on any atom is -0.456 e. The number of benzene rings is 1. The second kappa shape index (κ2) is 9.02. The molecule has 2 saturated carbocycles. The molecule has 3 aliphatic rings. The van der Waals surface area contributed by atoms with Gasteiger partial charge in [0.05, 0.1) is 18.3 Å². The number of esters is 1. The average Bonchev–Trinajstić information content (AvgIpc) is 3.36. The first-order valence-corrected chi connectivity index (χ1v) is 12.3. The van der Waals surface area contributed by atoms with Crippen molar-refractivity contribution in [3.63, 3.8) is 0 Å². The molecule has 1 aliphatic heterocycles. The van der Waals surface area contributed by atoms with Crippen LogP contribution in [0, 0.1) is 23.7 Å². The molecule has 2 bridgehead atoms. The predicted octanol–water partition coefficient (Wildman–Crippen LogP) is 2.90. The lowest BCUT2D eigenvalue weighted by molar-refractivity contribution is -0.149. The number of rotatable bonds is 7. The molecule has 1 aromatic rings. The fourth-order valence-corrected chi connectivity index (χ4v) is 7.06. The molecule has 1 saturated heterocycles. The second-order valence-corrected chi connectivity index (χ2v) is 10.4. The Morgan fingerprint density at radius 3 is 2.32 bits per heavy atom. The number of carbonyl (C=O) groups excluding carboxylic acids is 4. The number of likely N-dealkylation sites (tertiary alicyclic amines) is 1. The molecule has 31 heavy (non-hydrogen) atoms. The zero-order valence-electron chi connectivity index (χ0n) is 17.1. The molecule has 2 aliphatic carbocycles. The van der Waals surface area contributed by atoms with Crippen molar-refractivity contribution < 1.29 is 23.9 Å². The van der Waals surface area contributed by atoms with E-state index in [-0.39, 0.29) is 58.1 Å². The molecule has 0 aromatic heterocycles. The Labute approximate surface area is 197 Å². The summed E-state index contributed by atoms with van der Waals surface area (Å²) in [5.74, 6) is -1.73. The van der Waals surface area contributed by atoms with E-state index in [2.05, 4.69) is 37.2 Å². The van der Waals surface area contributed by atoms with Gasteiger partial charge in [0.25, 0.3) is 5.91 Å². The summed E-state index contributed by atoms with van der Waals surface area (Å²) < 4.78 is 5.05. The van der Waals surface area contributed by atoms with Crippen LogP contribution >= 0.6 is 31.9 Å². The summed E-state index contributed by atoms with van der Waals surface area (Å²) in [4.78, 5) is 51.5. The van der Waals surface area contributed by atoms with Crippen LogP contribution < -0.4 is 5.32 Å². The van der Waals surface area contributed by atoms with Crippen molar-refractivity contribution in [2.45, 2.75) is 35.8 Å². The summed E-state index contributed by atoms with van der Waals surface area (Å²) in [5, 5.41) is 2.74. The first kappa shape index (κ1) is 22.5. The molecule has 3 amide bonds. The van der Waals surface area contributed by atoms with Crippen molar-refractivity contribution >= 4 is 61.2 Å². The number of nitrogens with one attached hydrogen (secondary N) is 1. The van der Waals surface area contributed by atoms with Crippen molar-refractivity contribution in [3.05, 3.63) is 29.8 Å². The Morgan fingerprint density at radius 1 is 1.10 bits per heavy atom. The predicted molar refractivity (Wildman–Crippen MR) is 121 cm³/mol. The number of fused-ring (bicyclic) bond motifs is 5. The zero-order valence-corrected chi connectivity index (χ0v) is 20.2. The summed E-state index contributed by atoms with van der Waals surface area (Å²) >= 11 is 7.31. The van der Waals surface area contributed by atoms with Crippen molar-refractivity contribution in [1.82, 2.24) is 4.90 Å². The van der Waals surface area contributed by atoms with Crippen molar-refractivity contribution in [2.75, 3.05) is 18.5 Å². The molecule has 9 heteroatoms. The van der Waals surface area contributed by atoms with Gasteiger partial charge in [0.1, 0.15) is 0 Å². The lowest BCUT2D eigenvalue weighted by atomic mass is 9.81. The monoisotopic (exact) mass is 554 g/mol. The van der Waals surface area contributed by atoms with Crippen LogP contribution in [0.3, 0.4) is 0 Å². The summed E-state index contributed by atoms with van der Waals surface area (Å²) in [5.41, 5.74) is 1.68. The SMILES string of the molecule is CCc1ccccc1NC(=O)COC(=O)CCN1C(=O)[C@@H]2[C@H]3C[C@@H]([C@H](Br)[C@H]3Br)[C@H]2C1=O. The number of alkyl halides is 2. The zero-order chi connectivity index (χ0) is 22.3. The van der Waals surface area contributed by atoms with Gasteiger partial charge in [-0.1, -0.05) is 57.0 Å². The van der Waals surface area contributed by atoms with Gasteiger partial charge in [0.2, 0.25) is 11.8 Å². The number of nitrogens with zero attached hydrogens (tertiary/aromatic N) is 1. The van der Waals surface area contributed by atoms with E-state index in [1.54, 1.807) is 6.07 Å². The van der Waals surface area contributed by atoms with Gasteiger partial charge in [-0.2, -0.15) is 0 Å². The number of aryl methyl sites for hydroxylation is 1. The summed E-state index contributed by atoms with van der Waals surface area (Å²) in [6.07, 6.45) is 1.51. The third-order valence-corrected chi connectivity index (χ3v) is 9.86. The highest BCUT2D eigenvalue weighted by Gasteiger charge is 2.66. The Hall–Kier alpha value is -1.74. The van der Waals surface area contributed by atoms with E-state index in [1.807, 2.05) is 25.1 Å². The van der Waals surface area contributed by atoms with Gasteiger partial charge in [-0.25, -0.2) is 0 Å². The van der Waals surface area contributed by atoms with Gasteiger partial charge >= 0.3 is 5.97 Å². The van der Waals surface area contributed by atoms with Gasteiger partial charge in [0, 0.05) is 21.9 Å². The Kier molecular flexibility index (Phi) is 6.53. The van der Waals surface area contributed by atoms with Crippen molar-refractivity contribution in [2.24, 2.45) is 23.7 Å². The number of anilines is 1. The van der Waals surface area contributed by atoms with Crippen molar-refractivity contribution in [3.8, 4) is 0 Å². The van der Waals surface area contributed by atoms with E-state index in [0.717, 1.165) is 18.4 Å². The summed E-state index contributed by atoms with van der Waals surface area (Å²) in [6, 6.07) is 7.43. The van der Waals surface area contributed by atoms with E-state index in [0.29, 0.717) is 5.69 Å². The molecule has 0 spiro atoms. The largest absolute Gasteiger partial charge is 0.456 e. The molecule has 166 valence electrons. The Balaban J connectivity index is 1.26. The molecular formula is C22H24Br2N2O5. The highest BCUT2D eigenvalue weighted by Crippen LogP contribution is 2.60. The maximum atomic E-state index is 12.8. The van der Waals surface area contributed by atoms with E-state index >= 15 is 0 Å². The van der Waals surface area contributed by atoms with Crippen LogP contribution in [-0.2, 0) is 30.3 Å². The van der Waals surface area contributed by atoms with Crippen LogP contribution in [-0.4, -0.2) is 51.4 Å². The van der Waals surface area contributed by atoms with Crippen LogP contribution in [0.4, 0.5) is 5.69 Å². The lowest BCUT2D eigenvalue weighted by Crippen LogP contribution is -2.37. The van der Waals surface area contributed by atoms with Crippen LogP contribution in [0.1, 0.15) is 25.3 Å². The number of hydrogen-bond donors (Lipinski definition) is 1. The normalized spacial score (nSPS) is 31.1. The van der Waals surface area contributed by atoms with Crippen LogP contribution in [0.2, 0.25) is 0 Å². The number of halogens is 2. The quantitative estimate of drug-likeness (QED) is 0.317. The van der Waals surface area contributed by atoms with Crippen LogP contribution in [0.5, 0.6) is 0 Å². The molecule has 1 N–H and O–H groups in total. The van der Waals surface area contributed by atoms with E-state index in [1.165, 1.54) is 4.90 Å². The number of carbonyl (C=O) groups is 4. The second-order valence-electron chi connectivity index (χ2n) is 8.30.